The molecule has 0 bridgehead atoms. The molecule has 0 unspecified atom stereocenters. The standard InChI is InChI=1S/C15H28N2O2S/c1-7-15(8-2,19-6)14-17-12(10-18-5)13(20-14)9-16-11(3)4/h11,16H,7-10H2,1-6H3. The van der Waals surface area contributed by atoms with E-state index in [-0.39, 0.29) is 5.60 Å². The largest absolute Gasteiger partial charge is 0.378 e. The molecule has 1 heterocycles. The van der Waals surface area contributed by atoms with Crippen molar-refractivity contribution in [3.05, 3.63) is 15.6 Å². The maximum absolute atomic E-state index is 5.78. The molecule has 5 heteroatoms. The highest BCUT2D eigenvalue weighted by Gasteiger charge is 2.32. The molecule has 0 amide bonds. The number of rotatable bonds is 9. The Hall–Kier alpha value is -0.490. The van der Waals surface area contributed by atoms with Gasteiger partial charge in [-0.2, -0.15) is 0 Å². The molecule has 4 nitrogen and oxygen atoms in total. The third kappa shape index (κ3) is 4.01. The van der Waals surface area contributed by atoms with Gasteiger partial charge in [0.25, 0.3) is 0 Å². The van der Waals surface area contributed by atoms with E-state index >= 15 is 0 Å². The van der Waals surface area contributed by atoms with E-state index in [0.29, 0.717) is 12.6 Å². The summed E-state index contributed by atoms with van der Waals surface area (Å²) in [6.07, 6.45) is 1.86. The normalized spacial score (nSPS) is 12.3. The van der Waals surface area contributed by atoms with Gasteiger partial charge in [0.05, 0.1) is 12.3 Å². The number of aromatic nitrogens is 1. The maximum atomic E-state index is 5.78. The van der Waals surface area contributed by atoms with Crippen molar-refractivity contribution in [2.24, 2.45) is 0 Å². The van der Waals surface area contributed by atoms with Gasteiger partial charge in [-0.15, -0.1) is 11.3 Å². The van der Waals surface area contributed by atoms with E-state index in [4.69, 9.17) is 14.5 Å². The summed E-state index contributed by atoms with van der Waals surface area (Å²) >= 11 is 1.74. The molecule has 0 saturated carbocycles. The fourth-order valence-electron chi connectivity index (χ4n) is 2.19. The fraction of sp³-hybridized carbons (Fsp3) is 0.800. The van der Waals surface area contributed by atoms with E-state index in [1.165, 1.54) is 4.88 Å². The SMILES string of the molecule is CCC(CC)(OC)c1nc(COC)c(CNC(C)C)s1. The van der Waals surface area contributed by atoms with Crippen LogP contribution in [-0.2, 0) is 28.2 Å². The molecule has 0 saturated heterocycles. The fourth-order valence-corrected chi connectivity index (χ4v) is 3.52. The zero-order valence-electron chi connectivity index (χ0n) is 13.6. The average molecular weight is 300 g/mol. The second-order valence-electron chi connectivity index (χ2n) is 5.26. The summed E-state index contributed by atoms with van der Waals surface area (Å²) in [4.78, 5) is 6.04. The number of thiazole rings is 1. The van der Waals surface area contributed by atoms with Gasteiger partial charge >= 0.3 is 0 Å². The number of hydrogen-bond donors (Lipinski definition) is 1. The van der Waals surface area contributed by atoms with E-state index < -0.39 is 0 Å². The Labute approximate surface area is 126 Å². The molecule has 0 aliphatic rings. The summed E-state index contributed by atoms with van der Waals surface area (Å²) in [6, 6.07) is 0.459. The third-order valence-corrected chi connectivity index (χ3v) is 4.94. The van der Waals surface area contributed by atoms with E-state index in [0.717, 1.165) is 30.1 Å². The van der Waals surface area contributed by atoms with E-state index in [2.05, 4.69) is 33.0 Å². The van der Waals surface area contributed by atoms with Crippen LogP contribution in [0.2, 0.25) is 0 Å². The van der Waals surface area contributed by atoms with Crippen LogP contribution in [0.25, 0.3) is 0 Å². The molecule has 1 aromatic rings. The number of nitrogens with one attached hydrogen (secondary N) is 1. The number of ether oxygens (including phenoxy) is 2. The average Bonchev–Trinajstić information content (AvgIpc) is 2.83. The lowest BCUT2D eigenvalue weighted by Crippen LogP contribution is -2.26. The molecular weight excluding hydrogens is 272 g/mol. The Balaban J connectivity index is 3.06. The van der Waals surface area contributed by atoms with E-state index in [1.54, 1.807) is 25.6 Å². The quantitative estimate of drug-likeness (QED) is 0.758. The molecule has 0 atom stereocenters. The summed E-state index contributed by atoms with van der Waals surface area (Å²) in [5.74, 6) is 0. The molecule has 0 fully saturated rings. The highest BCUT2D eigenvalue weighted by molar-refractivity contribution is 7.11. The van der Waals surface area contributed by atoms with Gasteiger partial charge in [0.15, 0.2) is 0 Å². The van der Waals surface area contributed by atoms with Crippen LogP contribution in [0.15, 0.2) is 0 Å². The van der Waals surface area contributed by atoms with Crippen molar-refractivity contribution in [3.8, 4) is 0 Å². The Morgan fingerprint density at radius 2 is 1.90 bits per heavy atom. The molecule has 20 heavy (non-hydrogen) atoms. The Bertz CT molecular complexity index is 392. The summed E-state index contributed by atoms with van der Waals surface area (Å²) < 4.78 is 11.1. The minimum atomic E-state index is -0.261. The molecule has 0 aromatic carbocycles. The van der Waals surface area contributed by atoms with Crippen LogP contribution in [0.4, 0.5) is 0 Å². The molecule has 1 aromatic heterocycles. The molecule has 0 aliphatic carbocycles. The van der Waals surface area contributed by atoms with Crippen molar-refractivity contribution < 1.29 is 9.47 Å². The lowest BCUT2D eigenvalue weighted by Gasteiger charge is -2.27. The van der Waals surface area contributed by atoms with Crippen molar-refractivity contribution in [1.29, 1.82) is 0 Å². The summed E-state index contributed by atoms with van der Waals surface area (Å²) in [6.45, 7) is 9.98. The van der Waals surface area contributed by atoms with Gasteiger partial charge in [-0.25, -0.2) is 4.98 Å². The molecule has 116 valence electrons. The number of methoxy groups -OCH3 is 2. The summed E-state index contributed by atoms with van der Waals surface area (Å²) in [5.41, 5.74) is 0.771. The smallest absolute Gasteiger partial charge is 0.125 e. The predicted octanol–water partition coefficient (Wildman–Crippen LogP) is 3.45. The highest BCUT2D eigenvalue weighted by Crippen LogP contribution is 2.36. The topological polar surface area (TPSA) is 43.4 Å². The Kier molecular flexibility index (Phi) is 7.09. The van der Waals surface area contributed by atoms with E-state index in [9.17, 15) is 0 Å². The lowest BCUT2D eigenvalue weighted by molar-refractivity contribution is -0.0221. The van der Waals surface area contributed by atoms with Crippen LogP contribution in [0.5, 0.6) is 0 Å². The van der Waals surface area contributed by atoms with Crippen LogP contribution in [0, 0.1) is 0 Å². The van der Waals surface area contributed by atoms with Crippen LogP contribution >= 0.6 is 11.3 Å². The zero-order valence-corrected chi connectivity index (χ0v) is 14.4. The maximum Gasteiger partial charge on any atom is 0.125 e. The van der Waals surface area contributed by atoms with Gasteiger partial charge in [0.1, 0.15) is 10.6 Å². The van der Waals surface area contributed by atoms with Crippen molar-refractivity contribution in [2.45, 2.75) is 65.3 Å². The monoisotopic (exact) mass is 300 g/mol. The Morgan fingerprint density at radius 3 is 2.35 bits per heavy atom. The number of nitrogens with zero attached hydrogens (tertiary/aromatic N) is 1. The summed E-state index contributed by atoms with van der Waals surface area (Å²) in [5, 5.41) is 4.52. The van der Waals surface area contributed by atoms with Gasteiger partial charge in [-0.1, -0.05) is 27.7 Å². The van der Waals surface area contributed by atoms with Gasteiger partial charge < -0.3 is 14.8 Å². The van der Waals surface area contributed by atoms with Crippen molar-refractivity contribution in [2.75, 3.05) is 14.2 Å². The van der Waals surface area contributed by atoms with E-state index in [1.807, 2.05) is 0 Å². The molecule has 1 rings (SSSR count). The van der Waals surface area contributed by atoms with Crippen LogP contribution in [-0.4, -0.2) is 25.2 Å². The molecule has 0 spiro atoms. The van der Waals surface area contributed by atoms with Gasteiger partial charge in [-0.3, -0.25) is 0 Å². The number of hydrogen-bond acceptors (Lipinski definition) is 5. The molecule has 1 N–H and O–H groups in total. The minimum absolute atomic E-state index is 0.261. The first-order valence-electron chi connectivity index (χ1n) is 7.29. The predicted molar refractivity (Wildman–Crippen MR) is 84.1 cm³/mol. The second kappa shape index (κ2) is 8.08. The highest BCUT2D eigenvalue weighted by atomic mass is 32.1. The van der Waals surface area contributed by atoms with Gasteiger partial charge in [0, 0.05) is 31.7 Å². The van der Waals surface area contributed by atoms with Crippen molar-refractivity contribution >= 4 is 11.3 Å². The first-order chi connectivity index (χ1) is 9.52. The van der Waals surface area contributed by atoms with Crippen molar-refractivity contribution in [1.82, 2.24) is 10.3 Å². The first kappa shape index (κ1) is 17.6. The van der Waals surface area contributed by atoms with Crippen LogP contribution in [0.3, 0.4) is 0 Å². The van der Waals surface area contributed by atoms with Crippen LogP contribution in [0.1, 0.15) is 56.1 Å². The molecule has 0 aliphatic heterocycles. The third-order valence-electron chi connectivity index (χ3n) is 3.65. The zero-order chi connectivity index (χ0) is 15.2. The second-order valence-corrected chi connectivity index (χ2v) is 6.35. The van der Waals surface area contributed by atoms with Gasteiger partial charge in [-0.05, 0) is 12.8 Å². The minimum Gasteiger partial charge on any atom is -0.378 e. The Morgan fingerprint density at radius 1 is 1.25 bits per heavy atom. The molecule has 0 radical (unpaired) electrons. The molecular formula is C15H28N2O2S. The summed E-state index contributed by atoms with van der Waals surface area (Å²) in [7, 11) is 3.48. The van der Waals surface area contributed by atoms with Gasteiger partial charge in [0.2, 0.25) is 0 Å². The lowest BCUT2D eigenvalue weighted by atomic mass is 9.98. The first-order valence-corrected chi connectivity index (χ1v) is 8.11. The van der Waals surface area contributed by atoms with Crippen molar-refractivity contribution in [3.63, 3.8) is 0 Å². The van der Waals surface area contributed by atoms with Crippen LogP contribution < -0.4 is 5.32 Å².